The Bertz CT molecular complexity index is 348. The molecule has 0 aliphatic carbocycles. The molecule has 0 spiro atoms. The number of benzene rings is 1. The van der Waals surface area contributed by atoms with E-state index in [0.717, 1.165) is 6.07 Å². The van der Waals surface area contributed by atoms with Gasteiger partial charge in [-0.3, -0.25) is 0 Å². The number of aromatic carboxylic acids is 1. The lowest BCUT2D eigenvalue weighted by Gasteiger charge is -2.15. The summed E-state index contributed by atoms with van der Waals surface area (Å²) in [5.41, 5.74) is -0.385. The van der Waals surface area contributed by atoms with Crippen molar-refractivity contribution in [1.82, 2.24) is 0 Å². The van der Waals surface area contributed by atoms with E-state index in [0.29, 0.717) is 0 Å². The molecule has 0 heterocycles. The standard InChI is InChI=1S/C8H7ClO4/c1-13-6-3-4(9)2-5(7(6)10)8(11)12/h2-3,10H,1H3,(H,11,12)/p-1. The van der Waals surface area contributed by atoms with E-state index in [1.54, 1.807) is 0 Å². The van der Waals surface area contributed by atoms with Crippen LogP contribution in [0.1, 0.15) is 10.4 Å². The van der Waals surface area contributed by atoms with E-state index in [1.165, 1.54) is 13.2 Å². The van der Waals surface area contributed by atoms with E-state index in [9.17, 15) is 9.90 Å². The second-order valence-electron chi connectivity index (χ2n) is 2.29. The smallest absolute Gasteiger partial charge is 0.335 e. The average molecular weight is 202 g/mol. The fourth-order valence-electron chi connectivity index (χ4n) is 0.879. The molecule has 0 aliphatic rings. The number of halogens is 1. The topological polar surface area (TPSA) is 69.6 Å². The molecule has 13 heavy (non-hydrogen) atoms. The van der Waals surface area contributed by atoms with E-state index >= 15 is 0 Å². The summed E-state index contributed by atoms with van der Waals surface area (Å²) in [6, 6.07) is 2.37. The van der Waals surface area contributed by atoms with Crippen molar-refractivity contribution in [3.05, 3.63) is 22.7 Å². The monoisotopic (exact) mass is 201 g/mol. The molecule has 0 radical (unpaired) electrons. The first kappa shape index (κ1) is 9.67. The van der Waals surface area contributed by atoms with Crippen LogP contribution in [0.3, 0.4) is 0 Å². The van der Waals surface area contributed by atoms with Gasteiger partial charge in [-0.2, -0.15) is 0 Å². The van der Waals surface area contributed by atoms with Crippen LogP contribution in [-0.2, 0) is 0 Å². The van der Waals surface area contributed by atoms with Crippen molar-refractivity contribution in [3.8, 4) is 11.5 Å². The molecule has 0 amide bonds. The summed E-state index contributed by atoms with van der Waals surface area (Å²) < 4.78 is 4.66. The molecule has 1 N–H and O–H groups in total. The van der Waals surface area contributed by atoms with E-state index in [4.69, 9.17) is 16.7 Å². The summed E-state index contributed by atoms with van der Waals surface area (Å²) in [6.45, 7) is 0. The zero-order valence-corrected chi connectivity index (χ0v) is 7.46. The number of hydrogen-bond donors (Lipinski definition) is 1. The van der Waals surface area contributed by atoms with Crippen LogP contribution < -0.4 is 9.84 Å². The highest BCUT2D eigenvalue weighted by atomic mass is 35.5. The van der Waals surface area contributed by atoms with Gasteiger partial charge in [0.2, 0.25) is 0 Å². The van der Waals surface area contributed by atoms with Gasteiger partial charge < -0.3 is 14.9 Å². The van der Waals surface area contributed by atoms with Crippen molar-refractivity contribution in [3.63, 3.8) is 0 Å². The van der Waals surface area contributed by atoms with Gasteiger partial charge in [-0.25, -0.2) is 4.79 Å². The second kappa shape index (κ2) is 3.53. The quantitative estimate of drug-likeness (QED) is 0.779. The molecule has 0 fully saturated rings. The Kier molecular flexibility index (Phi) is 2.63. The third-order valence-electron chi connectivity index (χ3n) is 1.47. The van der Waals surface area contributed by atoms with Gasteiger partial charge in [0.25, 0.3) is 0 Å². The summed E-state index contributed by atoms with van der Waals surface area (Å²) in [7, 11) is 1.28. The zero-order chi connectivity index (χ0) is 10.0. The van der Waals surface area contributed by atoms with E-state index < -0.39 is 11.7 Å². The minimum atomic E-state index is -1.31. The number of carbonyl (C=O) groups is 1. The Labute approximate surface area is 79.3 Å². The van der Waals surface area contributed by atoms with Crippen molar-refractivity contribution in [2.45, 2.75) is 0 Å². The van der Waals surface area contributed by atoms with Crippen LogP contribution in [0.25, 0.3) is 0 Å². The molecule has 0 aromatic heterocycles. The van der Waals surface area contributed by atoms with Crippen molar-refractivity contribution in [2.75, 3.05) is 7.11 Å². The molecule has 1 aromatic rings. The minimum Gasteiger partial charge on any atom is -0.869 e. The fraction of sp³-hybridized carbons (Fsp3) is 0.125. The van der Waals surface area contributed by atoms with Gasteiger partial charge in [-0.05, 0) is 12.1 Å². The summed E-state index contributed by atoms with van der Waals surface area (Å²) in [5.74, 6) is -2.05. The van der Waals surface area contributed by atoms with Crippen LogP contribution in [0, 0.1) is 0 Å². The van der Waals surface area contributed by atoms with Crippen LogP contribution in [0.4, 0.5) is 0 Å². The molecule has 1 aromatic carbocycles. The number of carboxylic acids is 1. The Morgan fingerprint density at radius 3 is 2.69 bits per heavy atom. The number of methoxy groups -OCH3 is 1. The molecule has 0 bridgehead atoms. The Hall–Kier alpha value is -1.42. The first-order valence-electron chi connectivity index (χ1n) is 3.34. The van der Waals surface area contributed by atoms with Gasteiger partial charge in [0.05, 0.1) is 12.7 Å². The van der Waals surface area contributed by atoms with Crippen LogP contribution in [0.15, 0.2) is 12.1 Å². The first-order valence-corrected chi connectivity index (χ1v) is 3.72. The number of hydrogen-bond acceptors (Lipinski definition) is 3. The number of carboxylic acid groups (broad SMARTS) is 1. The lowest BCUT2D eigenvalue weighted by molar-refractivity contribution is -0.270. The molecule has 1 rings (SSSR count). The fourth-order valence-corrected chi connectivity index (χ4v) is 1.09. The molecular formula is C8H6ClO4-. The lowest BCUT2D eigenvalue weighted by atomic mass is 10.2. The highest BCUT2D eigenvalue weighted by Gasteiger charge is 2.08. The van der Waals surface area contributed by atoms with Crippen molar-refractivity contribution >= 4 is 17.6 Å². The van der Waals surface area contributed by atoms with Gasteiger partial charge in [-0.1, -0.05) is 17.4 Å². The highest BCUT2D eigenvalue weighted by Crippen LogP contribution is 2.30. The van der Waals surface area contributed by atoms with Crippen molar-refractivity contribution in [1.29, 1.82) is 0 Å². The normalized spacial score (nSPS) is 9.69. The Morgan fingerprint density at radius 1 is 1.62 bits per heavy atom. The highest BCUT2D eigenvalue weighted by molar-refractivity contribution is 6.31. The zero-order valence-electron chi connectivity index (χ0n) is 6.70. The van der Waals surface area contributed by atoms with Crippen LogP contribution in [0.5, 0.6) is 11.5 Å². The molecule has 0 aliphatic heterocycles. The maximum Gasteiger partial charge on any atom is 0.335 e. The summed E-state index contributed by atoms with van der Waals surface area (Å²) in [4.78, 5) is 10.5. The SMILES string of the molecule is COc1cc(Cl)cc(C(=O)O)c1[O-]. The van der Waals surface area contributed by atoms with Gasteiger partial charge >= 0.3 is 5.97 Å². The number of rotatable bonds is 2. The number of ether oxygens (including phenoxy) is 1. The summed E-state index contributed by atoms with van der Waals surface area (Å²) in [5, 5.41) is 20.0. The van der Waals surface area contributed by atoms with E-state index in [2.05, 4.69) is 4.74 Å². The minimum absolute atomic E-state index is 0.0649. The van der Waals surface area contributed by atoms with Gasteiger partial charge in [0.1, 0.15) is 5.75 Å². The van der Waals surface area contributed by atoms with E-state index in [1.807, 2.05) is 0 Å². The van der Waals surface area contributed by atoms with Gasteiger partial charge in [0, 0.05) is 5.02 Å². The maximum atomic E-state index is 11.2. The third-order valence-corrected chi connectivity index (χ3v) is 1.69. The average Bonchev–Trinajstić information content (AvgIpc) is 2.08. The van der Waals surface area contributed by atoms with E-state index in [-0.39, 0.29) is 16.3 Å². The van der Waals surface area contributed by atoms with Crippen LogP contribution in [0.2, 0.25) is 5.02 Å². The lowest BCUT2D eigenvalue weighted by Crippen LogP contribution is -2.05. The third kappa shape index (κ3) is 1.84. The van der Waals surface area contributed by atoms with Crippen molar-refractivity contribution in [2.24, 2.45) is 0 Å². The maximum absolute atomic E-state index is 11.2. The second-order valence-corrected chi connectivity index (χ2v) is 2.73. The molecule has 4 nitrogen and oxygen atoms in total. The van der Waals surface area contributed by atoms with Crippen LogP contribution in [-0.4, -0.2) is 18.2 Å². The molecule has 0 saturated carbocycles. The summed E-state index contributed by atoms with van der Waals surface area (Å²) in [6.07, 6.45) is 0. The predicted molar refractivity (Wildman–Crippen MR) is 44.4 cm³/mol. The largest absolute Gasteiger partial charge is 0.869 e. The summed E-state index contributed by atoms with van der Waals surface area (Å²) >= 11 is 5.56. The van der Waals surface area contributed by atoms with Crippen LogP contribution >= 0.6 is 11.6 Å². The van der Waals surface area contributed by atoms with Gasteiger partial charge in [0.15, 0.2) is 0 Å². The molecular weight excluding hydrogens is 196 g/mol. The molecule has 0 unspecified atom stereocenters. The van der Waals surface area contributed by atoms with Gasteiger partial charge in [-0.15, -0.1) is 0 Å². The first-order chi connectivity index (χ1) is 6.06. The molecule has 5 heteroatoms. The molecule has 0 atom stereocenters. The Morgan fingerprint density at radius 2 is 2.23 bits per heavy atom. The molecule has 0 saturated heterocycles. The molecule has 70 valence electrons. The Balaban J connectivity index is 3.35. The predicted octanol–water partition coefficient (Wildman–Crippen LogP) is 1.12. The van der Waals surface area contributed by atoms with Crippen molar-refractivity contribution < 1.29 is 19.7 Å².